The third kappa shape index (κ3) is 3.58. The first kappa shape index (κ1) is 14.5. The Kier molecular flexibility index (Phi) is 5.14. The van der Waals surface area contributed by atoms with E-state index >= 15 is 0 Å². The maximum absolute atomic E-state index is 11.2. The molecule has 1 heterocycles. The Morgan fingerprint density at radius 1 is 1.35 bits per heavy atom. The maximum atomic E-state index is 11.2. The summed E-state index contributed by atoms with van der Waals surface area (Å²) < 4.78 is 15.5. The second-order valence-electron chi connectivity index (χ2n) is 4.35. The van der Waals surface area contributed by atoms with Gasteiger partial charge in [0.05, 0.1) is 30.8 Å². The number of nitro groups is 1. The first-order valence-corrected chi connectivity index (χ1v) is 6.45. The van der Waals surface area contributed by atoms with Crippen LogP contribution in [0.3, 0.4) is 0 Å². The van der Waals surface area contributed by atoms with Crippen molar-refractivity contribution in [1.82, 2.24) is 0 Å². The Labute approximate surface area is 117 Å². The van der Waals surface area contributed by atoms with Crippen molar-refractivity contribution in [2.24, 2.45) is 0 Å². The van der Waals surface area contributed by atoms with Crippen LogP contribution in [-0.4, -0.2) is 51.6 Å². The van der Waals surface area contributed by atoms with Gasteiger partial charge in [0.15, 0.2) is 0 Å². The van der Waals surface area contributed by atoms with Crippen molar-refractivity contribution in [2.45, 2.75) is 0 Å². The lowest BCUT2D eigenvalue weighted by atomic mass is 10.2. The Bertz CT molecular complexity index is 460. The van der Waals surface area contributed by atoms with E-state index in [-0.39, 0.29) is 10.6 Å². The zero-order valence-corrected chi connectivity index (χ0v) is 11.4. The summed E-state index contributed by atoms with van der Waals surface area (Å²) in [6.07, 6.45) is 0. The molecule has 0 bridgehead atoms. The molecular weight excluding hydrogens is 264 g/mol. The number of nitro benzene ring substituents is 1. The molecule has 0 saturated carbocycles. The molecule has 7 heteroatoms. The van der Waals surface area contributed by atoms with E-state index < -0.39 is 0 Å². The van der Waals surface area contributed by atoms with Gasteiger partial charge >= 0.3 is 0 Å². The Hall–Kier alpha value is -1.86. The molecular formula is C13H18N2O5. The second kappa shape index (κ2) is 7.06. The summed E-state index contributed by atoms with van der Waals surface area (Å²) >= 11 is 0. The van der Waals surface area contributed by atoms with Crippen molar-refractivity contribution in [3.8, 4) is 5.75 Å². The monoisotopic (exact) mass is 282 g/mol. The SMILES string of the molecule is COCCOc1ccc(N2CCOCC2)c([N+](=O)[O-])c1. The number of morpholine rings is 1. The summed E-state index contributed by atoms with van der Waals surface area (Å²) in [5.41, 5.74) is 0.666. The third-order valence-corrected chi connectivity index (χ3v) is 3.05. The number of benzene rings is 1. The van der Waals surface area contributed by atoms with Gasteiger partial charge in [0, 0.05) is 20.2 Å². The van der Waals surface area contributed by atoms with Gasteiger partial charge in [-0.3, -0.25) is 10.1 Å². The summed E-state index contributed by atoms with van der Waals surface area (Å²) in [6.45, 7) is 3.30. The molecule has 1 fully saturated rings. The summed E-state index contributed by atoms with van der Waals surface area (Å²) in [5.74, 6) is 0.478. The summed E-state index contributed by atoms with van der Waals surface area (Å²) in [6, 6.07) is 4.93. The van der Waals surface area contributed by atoms with Crippen LogP contribution in [0.1, 0.15) is 0 Å². The first-order chi connectivity index (χ1) is 9.72. The van der Waals surface area contributed by atoms with E-state index in [2.05, 4.69) is 0 Å². The van der Waals surface area contributed by atoms with Gasteiger partial charge in [-0.25, -0.2) is 0 Å². The van der Waals surface area contributed by atoms with Gasteiger partial charge in [-0.05, 0) is 12.1 Å². The molecule has 0 radical (unpaired) electrons. The number of ether oxygens (including phenoxy) is 3. The van der Waals surface area contributed by atoms with Crippen LogP contribution in [0.5, 0.6) is 5.75 Å². The number of anilines is 1. The minimum atomic E-state index is -0.381. The lowest BCUT2D eigenvalue weighted by Crippen LogP contribution is -2.36. The Morgan fingerprint density at radius 2 is 2.10 bits per heavy atom. The van der Waals surface area contributed by atoms with Gasteiger partial charge in [0.25, 0.3) is 5.69 Å². The van der Waals surface area contributed by atoms with E-state index in [1.165, 1.54) is 6.07 Å². The van der Waals surface area contributed by atoms with Crippen molar-refractivity contribution in [2.75, 3.05) is 51.5 Å². The molecule has 1 aliphatic rings. The van der Waals surface area contributed by atoms with Crippen molar-refractivity contribution in [3.05, 3.63) is 28.3 Å². The average molecular weight is 282 g/mol. The minimum absolute atomic E-state index is 0.0572. The van der Waals surface area contributed by atoms with Crippen LogP contribution in [0.25, 0.3) is 0 Å². The molecule has 0 aliphatic carbocycles. The fourth-order valence-corrected chi connectivity index (χ4v) is 2.05. The molecule has 1 saturated heterocycles. The first-order valence-electron chi connectivity index (χ1n) is 6.45. The smallest absolute Gasteiger partial charge is 0.296 e. The lowest BCUT2D eigenvalue weighted by molar-refractivity contribution is -0.384. The molecule has 0 atom stereocenters. The van der Waals surface area contributed by atoms with E-state index in [9.17, 15) is 10.1 Å². The molecule has 0 unspecified atom stereocenters. The van der Waals surface area contributed by atoms with Crippen LogP contribution in [-0.2, 0) is 9.47 Å². The number of nitrogens with zero attached hydrogens (tertiary/aromatic N) is 2. The molecule has 2 rings (SSSR count). The van der Waals surface area contributed by atoms with E-state index in [1.54, 1.807) is 19.2 Å². The molecule has 0 N–H and O–H groups in total. The van der Waals surface area contributed by atoms with Crippen molar-refractivity contribution in [3.63, 3.8) is 0 Å². The van der Waals surface area contributed by atoms with E-state index in [1.807, 2.05) is 4.90 Å². The highest BCUT2D eigenvalue weighted by Crippen LogP contribution is 2.32. The van der Waals surface area contributed by atoms with Crippen LogP contribution in [0, 0.1) is 10.1 Å². The third-order valence-electron chi connectivity index (χ3n) is 3.05. The average Bonchev–Trinajstić information content (AvgIpc) is 2.48. The van der Waals surface area contributed by atoms with Crippen LogP contribution in [0.2, 0.25) is 0 Å². The highest BCUT2D eigenvalue weighted by Gasteiger charge is 2.22. The Morgan fingerprint density at radius 3 is 2.75 bits per heavy atom. The van der Waals surface area contributed by atoms with Crippen LogP contribution >= 0.6 is 0 Å². The van der Waals surface area contributed by atoms with E-state index in [4.69, 9.17) is 14.2 Å². The van der Waals surface area contributed by atoms with Crippen LogP contribution in [0.15, 0.2) is 18.2 Å². The summed E-state index contributed by atoms with van der Waals surface area (Å²) in [5, 5.41) is 11.2. The summed E-state index contributed by atoms with van der Waals surface area (Å²) in [7, 11) is 1.58. The zero-order valence-electron chi connectivity index (χ0n) is 11.4. The van der Waals surface area contributed by atoms with Crippen molar-refractivity contribution < 1.29 is 19.1 Å². The fourth-order valence-electron chi connectivity index (χ4n) is 2.05. The number of rotatable bonds is 6. The van der Waals surface area contributed by atoms with Gasteiger partial charge in [0.2, 0.25) is 0 Å². The second-order valence-corrected chi connectivity index (χ2v) is 4.35. The molecule has 0 spiro atoms. The zero-order chi connectivity index (χ0) is 14.4. The molecule has 20 heavy (non-hydrogen) atoms. The standard InChI is InChI=1S/C13H18N2O5/c1-18-8-9-20-11-2-3-12(13(10-11)15(16)17)14-4-6-19-7-5-14/h2-3,10H,4-9H2,1H3. The highest BCUT2D eigenvalue weighted by atomic mass is 16.6. The van der Waals surface area contributed by atoms with Crippen molar-refractivity contribution >= 4 is 11.4 Å². The summed E-state index contributed by atoms with van der Waals surface area (Å²) in [4.78, 5) is 12.8. The van der Waals surface area contributed by atoms with Gasteiger partial charge in [-0.15, -0.1) is 0 Å². The fraction of sp³-hybridized carbons (Fsp3) is 0.538. The molecule has 1 aliphatic heterocycles. The maximum Gasteiger partial charge on any atom is 0.296 e. The lowest BCUT2D eigenvalue weighted by Gasteiger charge is -2.28. The normalized spacial score (nSPS) is 15.2. The highest BCUT2D eigenvalue weighted by molar-refractivity contribution is 5.65. The molecule has 110 valence electrons. The number of hydrogen-bond acceptors (Lipinski definition) is 6. The molecule has 1 aromatic carbocycles. The Balaban J connectivity index is 2.16. The van der Waals surface area contributed by atoms with Gasteiger partial charge in [-0.1, -0.05) is 0 Å². The van der Waals surface area contributed by atoms with Gasteiger partial charge in [-0.2, -0.15) is 0 Å². The largest absolute Gasteiger partial charge is 0.491 e. The van der Waals surface area contributed by atoms with E-state index in [0.29, 0.717) is 51.0 Å². The number of methoxy groups -OCH3 is 1. The predicted octanol–water partition coefficient (Wildman–Crippen LogP) is 1.46. The topological polar surface area (TPSA) is 74.1 Å². The molecule has 0 amide bonds. The van der Waals surface area contributed by atoms with Gasteiger partial charge in [0.1, 0.15) is 18.0 Å². The quantitative estimate of drug-likeness (QED) is 0.447. The molecule has 0 aromatic heterocycles. The van der Waals surface area contributed by atoms with Crippen LogP contribution in [0.4, 0.5) is 11.4 Å². The van der Waals surface area contributed by atoms with Gasteiger partial charge < -0.3 is 19.1 Å². The number of hydrogen-bond donors (Lipinski definition) is 0. The molecule has 1 aromatic rings. The van der Waals surface area contributed by atoms with Crippen molar-refractivity contribution in [1.29, 1.82) is 0 Å². The van der Waals surface area contributed by atoms with Crippen LogP contribution < -0.4 is 9.64 Å². The molecule has 7 nitrogen and oxygen atoms in total. The van der Waals surface area contributed by atoms with E-state index in [0.717, 1.165) is 0 Å². The predicted molar refractivity (Wildman–Crippen MR) is 73.5 cm³/mol. The minimum Gasteiger partial charge on any atom is -0.491 e.